The molecule has 74 heavy (non-hydrogen) atoms. The van der Waals surface area contributed by atoms with Gasteiger partial charge >= 0.3 is 0 Å². The topological polar surface area (TPSA) is 51.6 Å². The lowest BCUT2D eigenvalue weighted by Crippen LogP contribution is -2.08. The molecule has 350 valence electrons. The molecule has 7 aromatic carbocycles. The highest BCUT2D eigenvalue weighted by atomic mass is 14.9. The lowest BCUT2D eigenvalue weighted by Gasteiger charge is -2.21. The average Bonchev–Trinajstić information content (AvgIpc) is 3.99. The van der Waals surface area contributed by atoms with Crippen molar-refractivity contribution in [3.8, 4) is 78.5 Å². The van der Waals surface area contributed by atoms with Gasteiger partial charge in [-0.3, -0.25) is 4.98 Å². The lowest BCUT2D eigenvalue weighted by atomic mass is 9.87. The normalized spacial score (nSPS) is 16.0. The Kier molecular flexibility index (Phi) is 10.7. The molecule has 0 saturated carbocycles. The molecule has 0 bridgehead atoms. The van der Waals surface area contributed by atoms with Crippen LogP contribution in [0.25, 0.3) is 125 Å². The molecule has 0 fully saturated rings. The predicted octanol–water partition coefficient (Wildman–Crippen LogP) is 18.0. The van der Waals surface area contributed by atoms with Crippen LogP contribution < -0.4 is 0 Å². The number of pyridine rings is 2. The van der Waals surface area contributed by atoms with Crippen molar-refractivity contribution in [1.29, 1.82) is 0 Å². The molecule has 0 aliphatic heterocycles. The molecule has 3 aromatic heterocycles. The van der Waals surface area contributed by atoms with Crippen LogP contribution in [-0.4, -0.2) is 19.9 Å². The second-order valence-corrected chi connectivity index (χ2v) is 20.1. The molecule has 0 saturated heterocycles. The third-order valence-electron chi connectivity index (χ3n) is 15.5. The SMILES string of the molecule is CC1CC=Cc2c1nc(-c1ccc(-c3nc(-c4ccc(-c5nc6c(c7ccccc57)CCC=C6)cc4)c4cc(-c5cccc(C6C=CC=CC6)c5)cc(-c5cccc(-c6ccccc6)c5)c4n3)cc1)c1c2C=C=C1. The fraction of sp³-hybridized carbons (Fsp3) is 0.100. The van der Waals surface area contributed by atoms with Crippen molar-refractivity contribution in [2.45, 2.75) is 44.4 Å². The molecule has 4 aliphatic carbocycles. The van der Waals surface area contributed by atoms with Gasteiger partial charge in [0, 0.05) is 67.1 Å². The second-order valence-electron chi connectivity index (χ2n) is 20.1. The van der Waals surface area contributed by atoms with Crippen LogP contribution in [0.5, 0.6) is 0 Å². The molecule has 2 unspecified atom stereocenters. The Hall–Kier alpha value is -9.08. The van der Waals surface area contributed by atoms with E-state index in [9.17, 15) is 0 Å². The van der Waals surface area contributed by atoms with Crippen molar-refractivity contribution < 1.29 is 0 Å². The van der Waals surface area contributed by atoms with E-state index in [0.717, 1.165) is 121 Å². The average molecular weight is 947 g/mol. The standard InChI is InChI=1S/C70H50N4/c1-44-16-12-29-59-57-28-15-30-61(57)67(72-65(44)59)48-36-38-50(39-37-48)70-73-68(49-34-32-47(33-35-49)66-60-27-9-8-25-56(60)58-26-10-11-31-64(58)71-66)63-43-55(53-23-13-21-51(40-53)45-17-4-2-5-18-45)42-62(69(63)74-70)54-24-14-22-52(41-54)46-19-6-3-7-20-46/h2-9,11-14,17,19-25,27-45H,10,16,18,26H2,1H3. The largest absolute Gasteiger partial charge is 0.251 e. The van der Waals surface area contributed by atoms with Crippen molar-refractivity contribution in [2.75, 3.05) is 0 Å². The minimum absolute atomic E-state index is 0.323. The molecule has 0 spiro atoms. The van der Waals surface area contributed by atoms with Gasteiger partial charge in [-0.25, -0.2) is 15.0 Å². The van der Waals surface area contributed by atoms with Gasteiger partial charge in [-0.2, -0.15) is 0 Å². The molecule has 4 nitrogen and oxygen atoms in total. The molecule has 4 aliphatic rings. The van der Waals surface area contributed by atoms with Gasteiger partial charge < -0.3 is 0 Å². The van der Waals surface area contributed by atoms with Crippen molar-refractivity contribution >= 4 is 46.0 Å². The Morgan fingerprint density at radius 1 is 0.459 bits per heavy atom. The van der Waals surface area contributed by atoms with Crippen molar-refractivity contribution in [3.63, 3.8) is 0 Å². The zero-order chi connectivity index (χ0) is 49.1. The number of fused-ring (bicyclic) bond motifs is 7. The van der Waals surface area contributed by atoms with Crippen LogP contribution in [0.15, 0.2) is 206 Å². The fourth-order valence-electron chi connectivity index (χ4n) is 11.6. The van der Waals surface area contributed by atoms with E-state index in [1.54, 1.807) is 0 Å². The van der Waals surface area contributed by atoms with Crippen LogP contribution in [0.4, 0.5) is 0 Å². The van der Waals surface area contributed by atoms with Crippen LogP contribution in [-0.2, 0) is 6.42 Å². The fourth-order valence-corrected chi connectivity index (χ4v) is 11.6. The summed E-state index contributed by atoms with van der Waals surface area (Å²) in [7, 11) is 0. The maximum atomic E-state index is 5.62. The minimum atomic E-state index is 0.323. The summed E-state index contributed by atoms with van der Waals surface area (Å²) < 4.78 is 0. The highest BCUT2D eigenvalue weighted by molar-refractivity contribution is 6.05. The van der Waals surface area contributed by atoms with Gasteiger partial charge in [-0.1, -0.05) is 195 Å². The first-order chi connectivity index (χ1) is 36.6. The van der Waals surface area contributed by atoms with Crippen molar-refractivity contribution in [1.82, 2.24) is 19.9 Å². The number of aryl methyl sites for hydroxylation is 1. The van der Waals surface area contributed by atoms with Crippen molar-refractivity contribution in [2.24, 2.45) is 0 Å². The van der Waals surface area contributed by atoms with Crippen LogP contribution in [0.2, 0.25) is 0 Å². The smallest absolute Gasteiger partial charge is 0.160 e. The van der Waals surface area contributed by atoms with Crippen LogP contribution >= 0.6 is 0 Å². The molecule has 0 amide bonds. The molecule has 2 atom stereocenters. The molecule has 14 rings (SSSR count). The van der Waals surface area contributed by atoms with Crippen LogP contribution in [0.3, 0.4) is 0 Å². The highest BCUT2D eigenvalue weighted by Crippen LogP contribution is 2.43. The number of hydrogen-bond acceptors (Lipinski definition) is 4. The quantitative estimate of drug-likeness (QED) is 0.142. The number of hydrogen-bond donors (Lipinski definition) is 0. The van der Waals surface area contributed by atoms with E-state index in [1.165, 1.54) is 38.6 Å². The van der Waals surface area contributed by atoms with Crippen molar-refractivity contribution in [3.05, 3.63) is 245 Å². The number of benzene rings is 7. The Morgan fingerprint density at radius 2 is 1.16 bits per heavy atom. The maximum Gasteiger partial charge on any atom is 0.160 e. The molecular weight excluding hydrogens is 897 g/mol. The summed E-state index contributed by atoms with van der Waals surface area (Å²) in [6, 6.07) is 59.6. The summed E-state index contributed by atoms with van der Waals surface area (Å²) in [4.78, 5) is 21.9. The van der Waals surface area contributed by atoms with E-state index in [0.29, 0.717) is 17.7 Å². The number of allylic oxidation sites excluding steroid dienone is 6. The number of nitrogens with zero attached hydrogens (tertiary/aromatic N) is 4. The van der Waals surface area contributed by atoms with E-state index < -0.39 is 0 Å². The van der Waals surface area contributed by atoms with Gasteiger partial charge in [0.15, 0.2) is 5.82 Å². The monoisotopic (exact) mass is 946 g/mol. The molecule has 4 heteroatoms. The van der Waals surface area contributed by atoms with E-state index in [4.69, 9.17) is 19.9 Å². The maximum absolute atomic E-state index is 5.62. The first kappa shape index (κ1) is 43.7. The van der Waals surface area contributed by atoms with Gasteiger partial charge in [-0.15, -0.1) is 5.73 Å². The van der Waals surface area contributed by atoms with Crippen LogP contribution in [0.1, 0.15) is 77.2 Å². The Labute approximate surface area is 431 Å². The summed E-state index contributed by atoms with van der Waals surface area (Å²) in [5.74, 6) is 1.33. The highest BCUT2D eigenvalue weighted by Gasteiger charge is 2.25. The predicted molar refractivity (Wildman–Crippen MR) is 308 cm³/mol. The minimum Gasteiger partial charge on any atom is -0.251 e. The van der Waals surface area contributed by atoms with E-state index in [-0.39, 0.29) is 0 Å². The van der Waals surface area contributed by atoms with E-state index >= 15 is 0 Å². The Morgan fingerprint density at radius 3 is 1.97 bits per heavy atom. The Balaban J connectivity index is 0.970. The first-order valence-corrected chi connectivity index (χ1v) is 26.0. The molecular formula is C70H50N4. The zero-order valence-corrected chi connectivity index (χ0v) is 41.1. The lowest BCUT2D eigenvalue weighted by molar-refractivity contribution is 0.740. The summed E-state index contributed by atoms with van der Waals surface area (Å²) in [5.41, 5.74) is 26.3. The third kappa shape index (κ3) is 7.71. The van der Waals surface area contributed by atoms with E-state index in [2.05, 4.69) is 237 Å². The molecule has 3 heterocycles. The molecule has 0 N–H and O–H groups in total. The van der Waals surface area contributed by atoms with Gasteiger partial charge in [0.2, 0.25) is 0 Å². The summed E-state index contributed by atoms with van der Waals surface area (Å²) in [6.45, 7) is 2.27. The number of aromatic nitrogens is 4. The second kappa shape index (κ2) is 18.2. The molecule has 0 radical (unpaired) electrons. The van der Waals surface area contributed by atoms with E-state index in [1.807, 2.05) is 0 Å². The van der Waals surface area contributed by atoms with Crippen LogP contribution in [0, 0.1) is 0 Å². The summed E-state index contributed by atoms with van der Waals surface area (Å²) in [6.07, 6.45) is 26.0. The molecule has 10 aromatic rings. The number of rotatable bonds is 8. The van der Waals surface area contributed by atoms with Gasteiger partial charge in [0.25, 0.3) is 0 Å². The Bertz CT molecular complexity index is 4110. The summed E-state index contributed by atoms with van der Waals surface area (Å²) in [5, 5.41) is 3.44. The first-order valence-electron chi connectivity index (χ1n) is 26.0. The third-order valence-corrected chi connectivity index (χ3v) is 15.5. The van der Waals surface area contributed by atoms with Gasteiger partial charge in [0.1, 0.15) is 0 Å². The summed E-state index contributed by atoms with van der Waals surface area (Å²) >= 11 is 0. The zero-order valence-electron chi connectivity index (χ0n) is 41.1. The van der Waals surface area contributed by atoms with Gasteiger partial charge in [0.05, 0.1) is 34.0 Å². The van der Waals surface area contributed by atoms with Gasteiger partial charge in [-0.05, 0) is 106 Å².